The van der Waals surface area contributed by atoms with E-state index < -0.39 is 34.9 Å². The van der Waals surface area contributed by atoms with E-state index in [4.69, 9.17) is 4.74 Å². The van der Waals surface area contributed by atoms with E-state index in [0.717, 1.165) is 23.8 Å². The quantitative estimate of drug-likeness (QED) is 0.329. The van der Waals surface area contributed by atoms with E-state index in [-0.39, 0.29) is 24.5 Å². The van der Waals surface area contributed by atoms with Crippen LogP contribution in [-0.2, 0) is 11.3 Å². The van der Waals surface area contributed by atoms with Gasteiger partial charge in [-0.05, 0) is 48.4 Å². The Hall–Kier alpha value is -4.33. The Balaban J connectivity index is 1.89. The zero-order chi connectivity index (χ0) is 24.9. The molecule has 0 saturated carbocycles. The van der Waals surface area contributed by atoms with Gasteiger partial charge in [0, 0.05) is 18.3 Å². The number of nitrogens with zero attached hydrogens (tertiary/aromatic N) is 1. The Morgan fingerprint density at radius 1 is 0.914 bits per heavy atom. The van der Waals surface area contributed by atoms with Crippen LogP contribution >= 0.6 is 0 Å². The van der Waals surface area contributed by atoms with Crippen LogP contribution in [0.25, 0.3) is 11.1 Å². The monoisotopic (exact) mass is 478 g/mol. The lowest BCUT2D eigenvalue weighted by Crippen LogP contribution is -2.19. The van der Waals surface area contributed by atoms with Crippen LogP contribution in [0.2, 0.25) is 0 Å². The summed E-state index contributed by atoms with van der Waals surface area (Å²) in [6.45, 7) is 1.94. The first kappa shape index (κ1) is 23.8. The standard InChI is InChI=1S/C27H21F3N2O3/c1-2-35-27(34)25-24(31-26(33)21-14-20(29)11-12-23(21)30)22(18-9-6-10-19(28)13-18)16-32(25)15-17-7-4-3-5-8-17/h3-14,16H,2,15H2,1H3,(H,31,33). The van der Waals surface area contributed by atoms with E-state index >= 15 is 0 Å². The minimum absolute atomic E-state index is 0.00126. The summed E-state index contributed by atoms with van der Waals surface area (Å²) in [4.78, 5) is 26.0. The lowest BCUT2D eigenvalue weighted by Gasteiger charge is -2.13. The molecule has 8 heteroatoms. The maximum atomic E-state index is 14.3. The van der Waals surface area contributed by atoms with Crippen LogP contribution in [-0.4, -0.2) is 23.1 Å². The van der Waals surface area contributed by atoms with Crippen molar-refractivity contribution in [1.82, 2.24) is 4.57 Å². The molecule has 0 saturated heterocycles. The van der Waals surface area contributed by atoms with Crippen molar-refractivity contribution in [3.63, 3.8) is 0 Å². The molecule has 0 bridgehead atoms. The van der Waals surface area contributed by atoms with E-state index in [1.807, 2.05) is 30.3 Å². The highest BCUT2D eigenvalue weighted by Crippen LogP contribution is 2.35. The third-order valence-corrected chi connectivity index (χ3v) is 5.29. The third-order valence-electron chi connectivity index (χ3n) is 5.29. The highest BCUT2D eigenvalue weighted by atomic mass is 19.1. The van der Waals surface area contributed by atoms with Gasteiger partial charge in [-0.3, -0.25) is 4.79 Å². The summed E-state index contributed by atoms with van der Waals surface area (Å²) >= 11 is 0. The van der Waals surface area contributed by atoms with Crippen LogP contribution in [0.1, 0.15) is 33.3 Å². The van der Waals surface area contributed by atoms with Crippen molar-refractivity contribution in [2.75, 3.05) is 11.9 Å². The zero-order valence-electron chi connectivity index (χ0n) is 18.7. The van der Waals surface area contributed by atoms with Crippen LogP contribution in [0.15, 0.2) is 79.0 Å². The van der Waals surface area contributed by atoms with E-state index in [1.54, 1.807) is 23.8 Å². The predicted molar refractivity (Wildman–Crippen MR) is 126 cm³/mol. The van der Waals surface area contributed by atoms with Gasteiger partial charge in [-0.25, -0.2) is 18.0 Å². The number of aromatic nitrogens is 1. The van der Waals surface area contributed by atoms with Gasteiger partial charge < -0.3 is 14.6 Å². The predicted octanol–water partition coefficient (Wildman–Crippen LogP) is 6.05. The highest BCUT2D eigenvalue weighted by molar-refractivity contribution is 6.11. The zero-order valence-corrected chi connectivity index (χ0v) is 18.7. The second-order valence-electron chi connectivity index (χ2n) is 7.69. The number of benzene rings is 3. The van der Waals surface area contributed by atoms with E-state index in [0.29, 0.717) is 11.1 Å². The molecule has 4 aromatic rings. The van der Waals surface area contributed by atoms with Crippen molar-refractivity contribution in [3.05, 3.63) is 113 Å². The topological polar surface area (TPSA) is 60.3 Å². The largest absolute Gasteiger partial charge is 0.461 e. The molecule has 178 valence electrons. The lowest BCUT2D eigenvalue weighted by molar-refractivity contribution is 0.0515. The number of carbonyl (C=O) groups excluding carboxylic acids is 2. The molecule has 1 N–H and O–H groups in total. The summed E-state index contributed by atoms with van der Waals surface area (Å²) in [5, 5.41) is 2.54. The number of rotatable bonds is 7. The molecule has 5 nitrogen and oxygen atoms in total. The fourth-order valence-corrected chi connectivity index (χ4v) is 3.73. The van der Waals surface area contributed by atoms with E-state index in [2.05, 4.69) is 5.32 Å². The Bertz CT molecular complexity index is 1380. The van der Waals surface area contributed by atoms with Crippen LogP contribution in [0.3, 0.4) is 0 Å². The second-order valence-corrected chi connectivity index (χ2v) is 7.69. The van der Waals surface area contributed by atoms with Crippen LogP contribution in [0.4, 0.5) is 18.9 Å². The average molecular weight is 478 g/mol. The maximum Gasteiger partial charge on any atom is 0.357 e. The van der Waals surface area contributed by atoms with Gasteiger partial charge in [-0.2, -0.15) is 0 Å². The summed E-state index contributed by atoms with van der Waals surface area (Å²) in [5.74, 6) is -3.96. The molecule has 1 amide bonds. The summed E-state index contributed by atoms with van der Waals surface area (Å²) < 4.78 is 48.9. The van der Waals surface area contributed by atoms with Gasteiger partial charge in [-0.1, -0.05) is 42.5 Å². The second kappa shape index (κ2) is 10.3. The van der Waals surface area contributed by atoms with Gasteiger partial charge in [0.2, 0.25) is 0 Å². The number of amides is 1. The fraction of sp³-hybridized carbons (Fsp3) is 0.111. The van der Waals surface area contributed by atoms with E-state index in [9.17, 15) is 22.8 Å². The molecule has 0 aliphatic carbocycles. The minimum Gasteiger partial charge on any atom is -0.461 e. The van der Waals surface area contributed by atoms with Gasteiger partial charge in [0.15, 0.2) is 5.69 Å². The molecule has 0 fully saturated rings. The van der Waals surface area contributed by atoms with Crippen LogP contribution < -0.4 is 5.32 Å². The highest BCUT2D eigenvalue weighted by Gasteiger charge is 2.27. The molecule has 0 spiro atoms. The molecule has 0 unspecified atom stereocenters. The number of hydrogen-bond acceptors (Lipinski definition) is 3. The van der Waals surface area contributed by atoms with Crippen molar-refractivity contribution in [2.45, 2.75) is 13.5 Å². The third kappa shape index (κ3) is 5.27. The first-order valence-corrected chi connectivity index (χ1v) is 10.8. The number of halogens is 3. The number of anilines is 1. The van der Waals surface area contributed by atoms with Crippen molar-refractivity contribution in [2.24, 2.45) is 0 Å². The summed E-state index contributed by atoms with van der Waals surface area (Å²) in [6.07, 6.45) is 1.59. The molecular weight excluding hydrogens is 457 g/mol. The molecular formula is C27H21F3N2O3. The molecule has 0 atom stereocenters. The van der Waals surface area contributed by atoms with Crippen molar-refractivity contribution in [3.8, 4) is 11.1 Å². The first-order valence-electron chi connectivity index (χ1n) is 10.8. The van der Waals surface area contributed by atoms with E-state index in [1.165, 1.54) is 18.2 Å². The van der Waals surface area contributed by atoms with Gasteiger partial charge in [0.1, 0.15) is 17.5 Å². The molecule has 0 aliphatic rings. The molecule has 35 heavy (non-hydrogen) atoms. The summed E-state index contributed by atoms with van der Waals surface area (Å²) in [5.41, 5.74) is 0.985. The van der Waals surface area contributed by atoms with Gasteiger partial charge in [0.05, 0.1) is 17.9 Å². The molecule has 1 aromatic heterocycles. The Morgan fingerprint density at radius 3 is 2.37 bits per heavy atom. The molecule has 3 aromatic carbocycles. The van der Waals surface area contributed by atoms with Crippen LogP contribution in [0, 0.1) is 17.5 Å². The Labute approximate surface area is 199 Å². The fourth-order valence-electron chi connectivity index (χ4n) is 3.73. The average Bonchev–Trinajstić information content (AvgIpc) is 3.19. The van der Waals surface area contributed by atoms with Gasteiger partial charge >= 0.3 is 5.97 Å². The Kier molecular flexibility index (Phi) is 7.01. The molecule has 0 aliphatic heterocycles. The van der Waals surface area contributed by atoms with Crippen LogP contribution in [0.5, 0.6) is 0 Å². The number of nitrogens with one attached hydrogen (secondary N) is 1. The first-order chi connectivity index (χ1) is 16.9. The molecule has 1 heterocycles. The lowest BCUT2D eigenvalue weighted by atomic mass is 10.1. The summed E-state index contributed by atoms with van der Waals surface area (Å²) in [6, 6.07) is 17.3. The Morgan fingerprint density at radius 2 is 1.66 bits per heavy atom. The van der Waals surface area contributed by atoms with Crippen molar-refractivity contribution >= 4 is 17.6 Å². The number of esters is 1. The number of hydrogen-bond donors (Lipinski definition) is 1. The molecule has 0 radical (unpaired) electrons. The SMILES string of the molecule is CCOC(=O)c1c(NC(=O)c2cc(F)ccc2F)c(-c2cccc(F)c2)cn1Cc1ccccc1. The van der Waals surface area contributed by atoms with Gasteiger partial charge in [0.25, 0.3) is 5.91 Å². The summed E-state index contributed by atoms with van der Waals surface area (Å²) in [7, 11) is 0. The normalized spacial score (nSPS) is 10.7. The van der Waals surface area contributed by atoms with Gasteiger partial charge in [-0.15, -0.1) is 0 Å². The van der Waals surface area contributed by atoms with Crippen molar-refractivity contribution in [1.29, 1.82) is 0 Å². The maximum absolute atomic E-state index is 14.3. The van der Waals surface area contributed by atoms with Crippen molar-refractivity contribution < 1.29 is 27.5 Å². The smallest absolute Gasteiger partial charge is 0.357 e. The molecule has 4 rings (SSSR count). The number of carbonyl (C=O) groups is 2. The number of ether oxygens (including phenoxy) is 1. The minimum atomic E-state index is -0.970.